The maximum Gasteiger partial charge on any atom is 0.410 e. The molecule has 0 saturated carbocycles. The lowest BCUT2D eigenvalue weighted by atomic mass is 10.0. The number of ether oxygens (including phenoxy) is 1. The van der Waals surface area contributed by atoms with Crippen LogP contribution in [0.15, 0.2) is 30.3 Å². The van der Waals surface area contributed by atoms with Crippen LogP contribution in [-0.2, 0) is 14.3 Å². The van der Waals surface area contributed by atoms with Gasteiger partial charge in [-0.2, -0.15) is 0 Å². The number of aliphatic carboxylic acids is 1. The number of piperazine rings is 1. The van der Waals surface area contributed by atoms with Crippen molar-refractivity contribution in [2.75, 3.05) is 38.0 Å². The average molecular weight is 391 g/mol. The molecular formula is C20H29N3O5. The number of amides is 2. The smallest absolute Gasteiger partial charge is 0.410 e. The van der Waals surface area contributed by atoms with Gasteiger partial charge in [0.25, 0.3) is 0 Å². The van der Waals surface area contributed by atoms with Gasteiger partial charge in [0.2, 0.25) is 5.91 Å². The van der Waals surface area contributed by atoms with Crippen LogP contribution in [0, 0.1) is 5.92 Å². The number of carboxylic acids is 1. The third-order valence-corrected chi connectivity index (χ3v) is 4.34. The van der Waals surface area contributed by atoms with Crippen molar-refractivity contribution in [3.05, 3.63) is 30.3 Å². The van der Waals surface area contributed by atoms with Gasteiger partial charge in [-0.3, -0.25) is 14.5 Å². The quantitative estimate of drug-likeness (QED) is 0.772. The number of rotatable bonds is 6. The topological polar surface area (TPSA) is 99.2 Å². The minimum Gasteiger partial charge on any atom is -0.481 e. The van der Waals surface area contributed by atoms with Crippen LogP contribution in [0.4, 0.5) is 10.5 Å². The van der Waals surface area contributed by atoms with Crippen LogP contribution in [0.5, 0.6) is 0 Å². The summed E-state index contributed by atoms with van der Waals surface area (Å²) >= 11 is 0. The summed E-state index contributed by atoms with van der Waals surface area (Å²) in [7, 11) is 0. The maximum atomic E-state index is 12.2. The monoisotopic (exact) mass is 391 g/mol. The number of anilines is 1. The zero-order valence-electron chi connectivity index (χ0n) is 16.7. The molecule has 1 aromatic rings. The summed E-state index contributed by atoms with van der Waals surface area (Å²) in [5, 5.41) is 12.2. The molecule has 1 heterocycles. The molecule has 1 atom stereocenters. The molecule has 8 heteroatoms. The highest BCUT2D eigenvalue weighted by atomic mass is 16.6. The van der Waals surface area contributed by atoms with Crippen molar-refractivity contribution >= 4 is 23.7 Å². The molecule has 0 unspecified atom stereocenters. The van der Waals surface area contributed by atoms with E-state index in [0.29, 0.717) is 31.9 Å². The lowest BCUT2D eigenvalue weighted by molar-refractivity contribution is -0.144. The van der Waals surface area contributed by atoms with E-state index in [9.17, 15) is 19.5 Å². The number of carbonyl (C=O) groups is 3. The van der Waals surface area contributed by atoms with Crippen LogP contribution in [0.3, 0.4) is 0 Å². The highest BCUT2D eigenvalue weighted by Gasteiger charge is 2.29. The molecule has 0 bridgehead atoms. The standard InChI is InChI=1S/C20H29N3O5/c1-20(2,3)28-19(27)23-11-9-22(10-12-23)14-15(18(25)26)13-17(24)21-16-7-5-4-6-8-16/h4-8,15H,9-14H2,1-3H3,(H,21,24)(H,25,26)/t15-/m0/s1. The Kier molecular flexibility index (Phi) is 7.39. The Morgan fingerprint density at radius 2 is 1.71 bits per heavy atom. The van der Waals surface area contributed by atoms with E-state index in [1.54, 1.807) is 29.2 Å². The van der Waals surface area contributed by atoms with E-state index < -0.39 is 17.5 Å². The first-order chi connectivity index (χ1) is 13.1. The Bertz CT molecular complexity index is 679. The fourth-order valence-corrected chi connectivity index (χ4v) is 2.94. The Hall–Kier alpha value is -2.61. The highest BCUT2D eigenvalue weighted by molar-refractivity contribution is 5.93. The van der Waals surface area contributed by atoms with E-state index in [0.717, 1.165) is 0 Å². The zero-order chi connectivity index (χ0) is 20.7. The van der Waals surface area contributed by atoms with E-state index >= 15 is 0 Å². The Morgan fingerprint density at radius 1 is 1.11 bits per heavy atom. The van der Waals surface area contributed by atoms with Crippen LogP contribution in [0.25, 0.3) is 0 Å². The lowest BCUT2D eigenvalue weighted by Gasteiger charge is -2.36. The molecule has 28 heavy (non-hydrogen) atoms. The molecule has 154 valence electrons. The van der Waals surface area contributed by atoms with Gasteiger partial charge in [0.1, 0.15) is 5.60 Å². The number of hydrogen-bond acceptors (Lipinski definition) is 5. The van der Waals surface area contributed by atoms with Crippen molar-refractivity contribution in [1.82, 2.24) is 9.80 Å². The largest absolute Gasteiger partial charge is 0.481 e. The average Bonchev–Trinajstić information content (AvgIpc) is 2.61. The third-order valence-electron chi connectivity index (χ3n) is 4.34. The van der Waals surface area contributed by atoms with Crippen molar-refractivity contribution in [2.24, 2.45) is 5.92 Å². The summed E-state index contributed by atoms with van der Waals surface area (Å²) in [5.74, 6) is -2.14. The minimum atomic E-state index is -1.00. The molecule has 1 saturated heterocycles. The van der Waals surface area contributed by atoms with Gasteiger partial charge in [-0.1, -0.05) is 18.2 Å². The van der Waals surface area contributed by atoms with Crippen LogP contribution >= 0.6 is 0 Å². The number of benzene rings is 1. The van der Waals surface area contributed by atoms with Crippen molar-refractivity contribution in [3.8, 4) is 0 Å². The fraction of sp³-hybridized carbons (Fsp3) is 0.550. The normalized spacial score (nSPS) is 16.3. The third kappa shape index (κ3) is 7.19. The van der Waals surface area contributed by atoms with E-state index in [-0.39, 0.29) is 25.0 Å². The van der Waals surface area contributed by atoms with Crippen LogP contribution in [0.1, 0.15) is 27.2 Å². The van der Waals surface area contributed by atoms with Crippen molar-refractivity contribution in [1.29, 1.82) is 0 Å². The van der Waals surface area contributed by atoms with Gasteiger partial charge in [0.05, 0.1) is 5.92 Å². The minimum absolute atomic E-state index is 0.101. The molecule has 2 amide bonds. The molecule has 1 aromatic carbocycles. The van der Waals surface area contributed by atoms with Crippen molar-refractivity contribution in [2.45, 2.75) is 32.8 Å². The van der Waals surface area contributed by atoms with Gasteiger partial charge in [0.15, 0.2) is 0 Å². The molecular weight excluding hydrogens is 362 g/mol. The number of para-hydroxylation sites is 1. The highest BCUT2D eigenvalue weighted by Crippen LogP contribution is 2.15. The van der Waals surface area contributed by atoms with Gasteiger partial charge in [-0.05, 0) is 32.9 Å². The molecule has 1 fully saturated rings. The number of carboxylic acid groups (broad SMARTS) is 1. The summed E-state index contributed by atoms with van der Waals surface area (Å²) in [6.07, 6.45) is -0.458. The maximum absolute atomic E-state index is 12.2. The summed E-state index contributed by atoms with van der Waals surface area (Å²) < 4.78 is 5.36. The first kappa shape index (κ1) is 21.7. The molecule has 0 aliphatic carbocycles. The molecule has 8 nitrogen and oxygen atoms in total. The molecule has 2 N–H and O–H groups in total. The molecule has 0 aromatic heterocycles. The Labute approximate surface area is 165 Å². The predicted octanol–water partition coefficient (Wildman–Crippen LogP) is 2.27. The Morgan fingerprint density at radius 3 is 2.25 bits per heavy atom. The van der Waals surface area contributed by atoms with E-state index in [1.165, 1.54) is 0 Å². The van der Waals surface area contributed by atoms with Crippen LogP contribution in [0.2, 0.25) is 0 Å². The van der Waals surface area contributed by atoms with E-state index in [1.807, 2.05) is 31.7 Å². The van der Waals surface area contributed by atoms with Gasteiger partial charge in [-0.15, -0.1) is 0 Å². The summed E-state index contributed by atoms with van der Waals surface area (Å²) in [6, 6.07) is 8.95. The molecule has 1 aliphatic rings. The molecule has 0 spiro atoms. The van der Waals surface area contributed by atoms with Crippen molar-refractivity contribution < 1.29 is 24.2 Å². The molecule has 1 aliphatic heterocycles. The second-order valence-corrected chi connectivity index (χ2v) is 7.92. The van der Waals surface area contributed by atoms with Gasteiger partial charge in [-0.25, -0.2) is 4.79 Å². The van der Waals surface area contributed by atoms with E-state index in [2.05, 4.69) is 5.32 Å². The predicted molar refractivity (Wildman–Crippen MR) is 105 cm³/mol. The van der Waals surface area contributed by atoms with Crippen LogP contribution in [-0.4, -0.2) is 71.2 Å². The second-order valence-electron chi connectivity index (χ2n) is 7.92. The summed E-state index contributed by atoms with van der Waals surface area (Å²) in [4.78, 5) is 39.5. The van der Waals surface area contributed by atoms with Gasteiger partial charge >= 0.3 is 12.1 Å². The molecule has 0 radical (unpaired) electrons. The summed E-state index contributed by atoms with van der Waals surface area (Å²) in [5.41, 5.74) is 0.0944. The van der Waals surface area contributed by atoms with Crippen LogP contribution < -0.4 is 5.32 Å². The van der Waals surface area contributed by atoms with Gasteiger partial charge in [0, 0.05) is 44.8 Å². The number of nitrogens with one attached hydrogen (secondary N) is 1. The molecule has 2 rings (SSSR count). The first-order valence-electron chi connectivity index (χ1n) is 9.42. The van der Waals surface area contributed by atoms with Crippen molar-refractivity contribution in [3.63, 3.8) is 0 Å². The number of nitrogens with zero attached hydrogens (tertiary/aromatic N) is 2. The first-order valence-corrected chi connectivity index (χ1v) is 9.42. The zero-order valence-corrected chi connectivity index (χ0v) is 16.7. The SMILES string of the molecule is CC(C)(C)OC(=O)N1CCN(C[C@H](CC(=O)Nc2ccccc2)C(=O)O)CC1. The van der Waals surface area contributed by atoms with E-state index in [4.69, 9.17) is 4.74 Å². The second kappa shape index (κ2) is 9.54. The number of carbonyl (C=O) groups excluding carboxylic acids is 2. The summed E-state index contributed by atoms with van der Waals surface area (Å²) in [6.45, 7) is 7.75. The van der Waals surface area contributed by atoms with Gasteiger partial charge < -0.3 is 20.1 Å². The lowest BCUT2D eigenvalue weighted by Crippen LogP contribution is -2.51. The number of hydrogen-bond donors (Lipinski definition) is 2. The Balaban J connectivity index is 1.82. The fourth-order valence-electron chi connectivity index (χ4n) is 2.94.